The maximum absolute atomic E-state index is 5.41. The van der Waals surface area contributed by atoms with Crippen molar-refractivity contribution in [1.29, 1.82) is 0 Å². The Kier molecular flexibility index (Phi) is 3.59. The molecule has 0 atom stereocenters. The number of nitrogens with zero attached hydrogens (tertiary/aromatic N) is 4. The summed E-state index contributed by atoms with van der Waals surface area (Å²) in [5.74, 6) is 2.36. The molecule has 0 N–H and O–H groups in total. The number of aromatic nitrogens is 3. The molecule has 3 heterocycles. The van der Waals surface area contributed by atoms with Crippen LogP contribution in [0.2, 0.25) is 0 Å². The lowest BCUT2D eigenvalue weighted by atomic mass is 10.1. The summed E-state index contributed by atoms with van der Waals surface area (Å²) in [7, 11) is 0. The Labute approximate surface area is 146 Å². The second kappa shape index (κ2) is 6.08. The number of anilines is 1. The predicted molar refractivity (Wildman–Crippen MR) is 97.8 cm³/mol. The molecule has 3 aromatic rings. The second-order valence-corrected chi connectivity index (χ2v) is 6.73. The largest absolute Gasteiger partial charge is 0.378 e. The molecule has 1 saturated heterocycles. The molecule has 0 unspecified atom stereocenters. The van der Waals surface area contributed by atoms with E-state index in [9.17, 15) is 0 Å². The molecule has 2 aromatic heterocycles. The zero-order valence-corrected chi connectivity index (χ0v) is 14.1. The topological polar surface area (TPSA) is 51.1 Å². The summed E-state index contributed by atoms with van der Waals surface area (Å²) in [6.45, 7) is 3.32. The van der Waals surface area contributed by atoms with Gasteiger partial charge in [0.05, 0.1) is 24.4 Å². The molecule has 1 aromatic carbocycles. The van der Waals surface area contributed by atoms with Crippen LogP contribution >= 0.6 is 0 Å². The van der Waals surface area contributed by atoms with Crippen molar-refractivity contribution in [2.75, 3.05) is 31.2 Å². The fourth-order valence-corrected chi connectivity index (χ4v) is 3.40. The summed E-state index contributed by atoms with van der Waals surface area (Å²) in [5, 5.41) is 1.19. The molecule has 126 valence electrons. The van der Waals surface area contributed by atoms with E-state index in [1.165, 1.54) is 23.9 Å². The Bertz CT molecular complexity index is 899. The molecule has 0 amide bonds. The molecular formula is C20H20N4O. The van der Waals surface area contributed by atoms with Gasteiger partial charge in [0, 0.05) is 36.2 Å². The lowest BCUT2D eigenvalue weighted by Gasteiger charge is -2.27. The van der Waals surface area contributed by atoms with Crippen molar-refractivity contribution in [3.8, 4) is 11.4 Å². The van der Waals surface area contributed by atoms with Crippen molar-refractivity contribution in [2.45, 2.75) is 18.8 Å². The molecule has 25 heavy (non-hydrogen) atoms. The molecular weight excluding hydrogens is 312 g/mol. The molecule has 2 fully saturated rings. The van der Waals surface area contributed by atoms with Crippen LogP contribution in [0.3, 0.4) is 0 Å². The van der Waals surface area contributed by atoms with Crippen LogP contribution in [0.4, 0.5) is 5.82 Å². The van der Waals surface area contributed by atoms with Crippen molar-refractivity contribution < 1.29 is 4.74 Å². The van der Waals surface area contributed by atoms with Gasteiger partial charge in [-0.3, -0.25) is 0 Å². The van der Waals surface area contributed by atoms with Gasteiger partial charge in [0.1, 0.15) is 5.82 Å². The number of hydrogen-bond donors (Lipinski definition) is 0. The summed E-state index contributed by atoms with van der Waals surface area (Å²) >= 11 is 0. The molecule has 1 aliphatic carbocycles. The third kappa shape index (κ3) is 2.85. The standard InChI is InChI=1S/C20H20N4O/c1-2-4-17-16(3-1)19(14-5-6-14)23-20(22-17)15-7-8-18(21-13-15)24-9-11-25-12-10-24/h1-4,7-8,13-14H,5-6,9-12H2. The third-order valence-electron chi connectivity index (χ3n) is 4.94. The van der Waals surface area contributed by atoms with E-state index in [2.05, 4.69) is 40.2 Å². The Morgan fingerprint density at radius 3 is 2.56 bits per heavy atom. The zero-order valence-electron chi connectivity index (χ0n) is 14.1. The minimum Gasteiger partial charge on any atom is -0.378 e. The minimum atomic E-state index is 0.590. The SMILES string of the molecule is c1ccc2c(C3CC3)nc(-c3ccc(N4CCOCC4)nc3)nc2c1. The van der Waals surface area contributed by atoms with Crippen molar-refractivity contribution in [2.24, 2.45) is 0 Å². The van der Waals surface area contributed by atoms with Crippen LogP contribution in [0.15, 0.2) is 42.6 Å². The van der Waals surface area contributed by atoms with Crippen LogP contribution in [-0.2, 0) is 4.74 Å². The van der Waals surface area contributed by atoms with Crippen LogP contribution in [0.1, 0.15) is 24.5 Å². The lowest BCUT2D eigenvalue weighted by molar-refractivity contribution is 0.122. The first-order valence-corrected chi connectivity index (χ1v) is 8.94. The number of benzene rings is 1. The normalized spacial score (nSPS) is 17.8. The van der Waals surface area contributed by atoms with Gasteiger partial charge < -0.3 is 9.64 Å². The average Bonchev–Trinajstić information content (AvgIpc) is 3.53. The van der Waals surface area contributed by atoms with E-state index in [4.69, 9.17) is 14.7 Å². The van der Waals surface area contributed by atoms with E-state index >= 15 is 0 Å². The van der Waals surface area contributed by atoms with Gasteiger partial charge in [-0.15, -0.1) is 0 Å². The highest BCUT2D eigenvalue weighted by Crippen LogP contribution is 2.42. The highest BCUT2D eigenvalue weighted by atomic mass is 16.5. The first-order valence-electron chi connectivity index (χ1n) is 8.94. The number of rotatable bonds is 3. The molecule has 5 heteroatoms. The van der Waals surface area contributed by atoms with E-state index in [-0.39, 0.29) is 0 Å². The van der Waals surface area contributed by atoms with Crippen molar-refractivity contribution in [1.82, 2.24) is 15.0 Å². The Balaban J connectivity index is 1.52. The number of fused-ring (bicyclic) bond motifs is 1. The van der Waals surface area contributed by atoms with Gasteiger partial charge in [0.25, 0.3) is 0 Å². The van der Waals surface area contributed by atoms with E-state index < -0.39 is 0 Å². The van der Waals surface area contributed by atoms with Crippen LogP contribution in [0.5, 0.6) is 0 Å². The molecule has 0 spiro atoms. The van der Waals surface area contributed by atoms with Gasteiger partial charge in [-0.05, 0) is 31.0 Å². The lowest BCUT2D eigenvalue weighted by Crippen LogP contribution is -2.36. The predicted octanol–water partition coefficient (Wildman–Crippen LogP) is 3.41. The van der Waals surface area contributed by atoms with Crippen LogP contribution in [-0.4, -0.2) is 41.3 Å². The van der Waals surface area contributed by atoms with Crippen LogP contribution in [0.25, 0.3) is 22.3 Å². The Morgan fingerprint density at radius 1 is 0.960 bits per heavy atom. The van der Waals surface area contributed by atoms with Gasteiger partial charge in [0.15, 0.2) is 5.82 Å². The third-order valence-corrected chi connectivity index (χ3v) is 4.94. The smallest absolute Gasteiger partial charge is 0.161 e. The first-order chi connectivity index (χ1) is 12.4. The van der Waals surface area contributed by atoms with Crippen molar-refractivity contribution in [3.63, 3.8) is 0 Å². The van der Waals surface area contributed by atoms with Gasteiger partial charge >= 0.3 is 0 Å². The minimum absolute atomic E-state index is 0.590. The van der Waals surface area contributed by atoms with E-state index in [1.54, 1.807) is 0 Å². The molecule has 1 aliphatic heterocycles. The molecule has 5 nitrogen and oxygen atoms in total. The van der Waals surface area contributed by atoms with Gasteiger partial charge in [0.2, 0.25) is 0 Å². The highest BCUT2D eigenvalue weighted by molar-refractivity contribution is 5.83. The maximum Gasteiger partial charge on any atom is 0.161 e. The number of hydrogen-bond acceptors (Lipinski definition) is 5. The number of morpholine rings is 1. The monoisotopic (exact) mass is 332 g/mol. The number of para-hydroxylation sites is 1. The molecule has 0 radical (unpaired) electrons. The van der Waals surface area contributed by atoms with Crippen LogP contribution < -0.4 is 4.90 Å². The number of ether oxygens (including phenoxy) is 1. The van der Waals surface area contributed by atoms with Gasteiger partial charge in [-0.25, -0.2) is 15.0 Å². The second-order valence-electron chi connectivity index (χ2n) is 6.73. The van der Waals surface area contributed by atoms with Gasteiger partial charge in [-0.1, -0.05) is 18.2 Å². The summed E-state index contributed by atoms with van der Waals surface area (Å²) in [5.41, 5.74) is 3.19. The van der Waals surface area contributed by atoms with E-state index in [0.717, 1.165) is 49.0 Å². The highest BCUT2D eigenvalue weighted by Gasteiger charge is 2.28. The molecule has 2 aliphatic rings. The molecule has 1 saturated carbocycles. The average molecular weight is 332 g/mol. The zero-order chi connectivity index (χ0) is 16.6. The van der Waals surface area contributed by atoms with Gasteiger partial charge in [-0.2, -0.15) is 0 Å². The quantitative estimate of drug-likeness (QED) is 0.736. The molecule has 5 rings (SSSR count). The Morgan fingerprint density at radius 2 is 1.80 bits per heavy atom. The maximum atomic E-state index is 5.41. The summed E-state index contributed by atoms with van der Waals surface area (Å²) in [6.07, 6.45) is 4.36. The summed E-state index contributed by atoms with van der Waals surface area (Å²) in [6, 6.07) is 12.5. The fraction of sp³-hybridized carbons (Fsp3) is 0.350. The molecule has 0 bridgehead atoms. The van der Waals surface area contributed by atoms with Crippen LogP contribution in [0, 0.1) is 0 Å². The Hall–Kier alpha value is -2.53. The number of pyridine rings is 1. The summed E-state index contributed by atoms with van der Waals surface area (Å²) in [4.78, 5) is 16.6. The van der Waals surface area contributed by atoms with E-state index in [0.29, 0.717) is 5.92 Å². The summed E-state index contributed by atoms with van der Waals surface area (Å²) < 4.78 is 5.41. The van der Waals surface area contributed by atoms with Crippen molar-refractivity contribution >= 4 is 16.7 Å². The van der Waals surface area contributed by atoms with Crippen molar-refractivity contribution in [3.05, 3.63) is 48.3 Å². The fourth-order valence-electron chi connectivity index (χ4n) is 3.40. The van der Waals surface area contributed by atoms with E-state index in [1.807, 2.05) is 12.3 Å². The first kappa shape index (κ1) is 14.8.